The quantitative estimate of drug-likeness (QED) is 0.861. The van der Waals surface area contributed by atoms with Crippen molar-refractivity contribution in [2.75, 3.05) is 26.2 Å². The van der Waals surface area contributed by atoms with Crippen LogP contribution >= 0.6 is 0 Å². The Morgan fingerprint density at radius 1 is 1.00 bits per heavy atom. The SMILES string of the molecule is CC(C)OCCN1CC2(CCCC2)NCC12CCCCC2. The molecule has 1 saturated heterocycles. The Hall–Kier alpha value is -0.120. The zero-order valence-corrected chi connectivity index (χ0v) is 14.1. The average molecular weight is 294 g/mol. The molecule has 3 nitrogen and oxygen atoms in total. The van der Waals surface area contributed by atoms with E-state index in [4.69, 9.17) is 4.74 Å². The summed E-state index contributed by atoms with van der Waals surface area (Å²) in [5.74, 6) is 0. The number of rotatable bonds is 4. The highest BCUT2D eigenvalue weighted by Crippen LogP contribution is 2.41. The van der Waals surface area contributed by atoms with Gasteiger partial charge in [-0.25, -0.2) is 0 Å². The van der Waals surface area contributed by atoms with Crippen LogP contribution in [0.5, 0.6) is 0 Å². The number of piperazine rings is 1. The Bertz CT molecular complexity index is 330. The largest absolute Gasteiger partial charge is 0.377 e. The van der Waals surface area contributed by atoms with Gasteiger partial charge in [0.1, 0.15) is 0 Å². The molecule has 0 amide bonds. The molecule has 0 aromatic rings. The summed E-state index contributed by atoms with van der Waals surface area (Å²) >= 11 is 0. The Labute approximate surface area is 130 Å². The summed E-state index contributed by atoms with van der Waals surface area (Å²) in [4.78, 5) is 2.83. The topological polar surface area (TPSA) is 24.5 Å². The van der Waals surface area contributed by atoms with Gasteiger partial charge in [0.15, 0.2) is 0 Å². The van der Waals surface area contributed by atoms with Crippen molar-refractivity contribution in [1.29, 1.82) is 0 Å². The molecule has 3 fully saturated rings. The van der Waals surface area contributed by atoms with E-state index < -0.39 is 0 Å². The molecule has 3 aliphatic rings. The predicted molar refractivity (Wildman–Crippen MR) is 87.7 cm³/mol. The van der Waals surface area contributed by atoms with Gasteiger partial charge in [0.05, 0.1) is 12.7 Å². The van der Waals surface area contributed by atoms with Crippen LogP contribution in [0.3, 0.4) is 0 Å². The minimum atomic E-state index is 0.357. The van der Waals surface area contributed by atoms with Crippen LogP contribution in [0.1, 0.15) is 71.6 Å². The fourth-order valence-corrected chi connectivity index (χ4v) is 4.86. The van der Waals surface area contributed by atoms with Crippen LogP contribution in [-0.4, -0.2) is 48.3 Å². The van der Waals surface area contributed by atoms with Crippen molar-refractivity contribution < 1.29 is 4.74 Å². The van der Waals surface area contributed by atoms with Crippen LogP contribution in [0.2, 0.25) is 0 Å². The van der Waals surface area contributed by atoms with Crippen LogP contribution < -0.4 is 5.32 Å². The molecule has 1 N–H and O–H groups in total. The molecular weight excluding hydrogens is 260 g/mol. The van der Waals surface area contributed by atoms with Gasteiger partial charge >= 0.3 is 0 Å². The molecule has 1 heterocycles. The highest BCUT2D eigenvalue weighted by Gasteiger charge is 2.48. The number of nitrogens with one attached hydrogen (secondary N) is 1. The van der Waals surface area contributed by atoms with Crippen molar-refractivity contribution >= 4 is 0 Å². The maximum atomic E-state index is 5.87. The zero-order chi connectivity index (χ0) is 14.8. The van der Waals surface area contributed by atoms with E-state index in [1.54, 1.807) is 0 Å². The van der Waals surface area contributed by atoms with Gasteiger partial charge < -0.3 is 10.1 Å². The van der Waals surface area contributed by atoms with E-state index in [9.17, 15) is 0 Å². The van der Waals surface area contributed by atoms with Gasteiger partial charge in [0, 0.05) is 30.7 Å². The van der Waals surface area contributed by atoms with Crippen LogP contribution in [0.4, 0.5) is 0 Å². The molecular formula is C18H34N2O. The van der Waals surface area contributed by atoms with Crippen molar-refractivity contribution in [3.8, 4) is 0 Å². The maximum absolute atomic E-state index is 5.87. The number of nitrogens with zero attached hydrogens (tertiary/aromatic N) is 1. The predicted octanol–water partition coefficient (Wildman–Crippen LogP) is 3.33. The van der Waals surface area contributed by atoms with E-state index in [-0.39, 0.29) is 0 Å². The van der Waals surface area contributed by atoms with Crippen molar-refractivity contribution in [1.82, 2.24) is 10.2 Å². The Balaban J connectivity index is 1.67. The molecule has 0 atom stereocenters. The second-order valence-electron chi connectivity index (χ2n) is 7.97. The van der Waals surface area contributed by atoms with Gasteiger partial charge in [-0.1, -0.05) is 32.1 Å². The fraction of sp³-hybridized carbons (Fsp3) is 1.00. The third-order valence-corrected chi connectivity index (χ3v) is 6.11. The lowest BCUT2D eigenvalue weighted by atomic mass is 9.76. The third kappa shape index (κ3) is 3.46. The fourth-order valence-electron chi connectivity index (χ4n) is 4.86. The summed E-state index contributed by atoms with van der Waals surface area (Å²) in [5.41, 5.74) is 0.868. The van der Waals surface area contributed by atoms with E-state index >= 15 is 0 Å². The standard InChI is InChI=1S/C18H34N2O/c1-16(2)21-13-12-20-15-17(8-6-7-9-17)19-14-18(20)10-4-3-5-11-18/h16,19H,3-15H2,1-2H3. The van der Waals surface area contributed by atoms with E-state index in [2.05, 4.69) is 24.1 Å². The van der Waals surface area contributed by atoms with Crippen LogP contribution in [-0.2, 0) is 4.74 Å². The molecule has 0 bridgehead atoms. The summed E-state index contributed by atoms with van der Waals surface area (Å²) in [6, 6.07) is 0. The van der Waals surface area contributed by atoms with E-state index in [0.29, 0.717) is 17.2 Å². The van der Waals surface area contributed by atoms with E-state index in [1.807, 2.05) is 0 Å². The van der Waals surface area contributed by atoms with E-state index in [1.165, 1.54) is 70.9 Å². The molecule has 3 heteroatoms. The van der Waals surface area contributed by atoms with Crippen LogP contribution in [0.25, 0.3) is 0 Å². The Morgan fingerprint density at radius 3 is 2.33 bits per heavy atom. The summed E-state index contributed by atoms with van der Waals surface area (Å²) in [7, 11) is 0. The van der Waals surface area contributed by atoms with Crippen molar-refractivity contribution in [2.45, 2.75) is 88.8 Å². The highest BCUT2D eigenvalue weighted by atomic mass is 16.5. The van der Waals surface area contributed by atoms with Gasteiger partial charge in [-0.15, -0.1) is 0 Å². The molecule has 0 aromatic heterocycles. The maximum Gasteiger partial charge on any atom is 0.0597 e. The van der Waals surface area contributed by atoms with Gasteiger partial charge in [0.25, 0.3) is 0 Å². The molecule has 2 saturated carbocycles. The third-order valence-electron chi connectivity index (χ3n) is 6.11. The lowest BCUT2D eigenvalue weighted by Crippen LogP contribution is -2.70. The molecule has 3 rings (SSSR count). The molecule has 21 heavy (non-hydrogen) atoms. The van der Waals surface area contributed by atoms with Gasteiger partial charge in [-0.3, -0.25) is 4.90 Å². The molecule has 0 aromatic carbocycles. The van der Waals surface area contributed by atoms with Gasteiger partial charge in [-0.05, 0) is 39.5 Å². The minimum Gasteiger partial charge on any atom is -0.377 e. The Morgan fingerprint density at radius 2 is 1.67 bits per heavy atom. The number of hydrogen-bond donors (Lipinski definition) is 1. The van der Waals surface area contributed by atoms with Gasteiger partial charge in [0.2, 0.25) is 0 Å². The molecule has 0 radical (unpaired) electrons. The molecule has 2 aliphatic carbocycles. The smallest absolute Gasteiger partial charge is 0.0597 e. The molecule has 1 aliphatic heterocycles. The zero-order valence-electron chi connectivity index (χ0n) is 14.1. The summed E-state index contributed by atoms with van der Waals surface area (Å²) < 4.78 is 5.87. The molecule has 122 valence electrons. The minimum absolute atomic E-state index is 0.357. The lowest BCUT2D eigenvalue weighted by molar-refractivity contribution is -0.0403. The van der Waals surface area contributed by atoms with Crippen LogP contribution in [0.15, 0.2) is 0 Å². The lowest BCUT2D eigenvalue weighted by Gasteiger charge is -2.55. The monoisotopic (exact) mass is 294 g/mol. The number of hydrogen-bond acceptors (Lipinski definition) is 3. The molecule has 0 unspecified atom stereocenters. The van der Waals surface area contributed by atoms with Crippen molar-refractivity contribution in [2.24, 2.45) is 0 Å². The second-order valence-corrected chi connectivity index (χ2v) is 7.97. The average Bonchev–Trinajstić information content (AvgIpc) is 2.93. The Kier molecular flexibility index (Phi) is 4.92. The summed E-state index contributed by atoms with van der Waals surface area (Å²) in [6.07, 6.45) is 13.0. The summed E-state index contributed by atoms with van der Waals surface area (Å²) in [5, 5.41) is 4.00. The highest BCUT2D eigenvalue weighted by molar-refractivity contribution is 5.07. The first kappa shape index (κ1) is 15.8. The normalized spacial score (nSPS) is 28.7. The first-order chi connectivity index (χ1) is 10.1. The van der Waals surface area contributed by atoms with Crippen LogP contribution in [0, 0.1) is 0 Å². The van der Waals surface area contributed by atoms with Crippen molar-refractivity contribution in [3.05, 3.63) is 0 Å². The first-order valence-corrected chi connectivity index (χ1v) is 9.26. The van der Waals surface area contributed by atoms with Gasteiger partial charge in [-0.2, -0.15) is 0 Å². The second kappa shape index (κ2) is 6.55. The first-order valence-electron chi connectivity index (χ1n) is 9.26. The van der Waals surface area contributed by atoms with Crippen molar-refractivity contribution in [3.63, 3.8) is 0 Å². The van der Waals surface area contributed by atoms with E-state index in [0.717, 1.165) is 13.2 Å². The molecule has 2 spiro atoms. The summed E-state index contributed by atoms with van der Waals surface area (Å²) in [6.45, 7) is 8.79. The number of ether oxygens (including phenoxy) is 1.